The van der Waals surface area contributed by atoms with E-state index in [-0.39, 0.29) is 22.5 Å². The van der Waals surface area contributed by atoms with E-state index < -0.39 is 0 Å². The van der Waals surface area contributed by atoms with Gasteiger partial charge in [-0.3, -0.25) is 5.11 Å². The number of anilines is 2. The maximum absolute atomic E-state index is 13.2. The highest BCUT2D eigenvalue weighted by Gasteiger charge is 2.28. The molecule has 1 N–H and O–H groups in total. The van der Waals surface area contributed by atoms with Crippen LogP contribution in [0.3, 0.4) is 0 Å². The molecule has 3 aromatic carbocycles. The molecule has 0 spiro atoms. The van der Waals surface area contributed by atoms with Gasteiger partial charge in [-0.25, -0.2) is 0 Å². The lowest BCUT2D eigenvalue weighted by Crippen LogP contribution is -2.18. The van der Waals surface area contributed by atoms with Gasteiger partial charge in [0.1, 0.15) is 0 Å². The number of aryl methyl sites for hydroxylation is 1. The lowest BCUT2D eigenvalue weighted by molar-refractivity contribution is 0.327. The van der Waals surface area contributed by atoms with Crippen LogP contribution in [0.25, 0.3) is 0 Å². The van der Waals surface area contributed by atoms with E-state index in [9.17, 15) is 5.11 Å². The van der Waals surface area contributed by atoms with Crippen LogP contribution >= 0.6 is 0 Å². The number of nitrogens with one attached hydrogen (secondary N) is 1. The third-order valence-electron chi connectivity index (χ3n) is 5.98. The van der Waals surface area contributed by atoms with Crippen LogP contribution in [0.5, 0.6) is 5.75 Å². The van der Waals surface area contributed by atoms with Gasteiger partial charge in [0.25, 0.3) is 0 Å². The Kier molecular flexibility index (Phi) is 6.23. The molecule has 0 aromatic heterocycles. The van der Waals surface area contributed by atoms with Crippen molar-refractivity contribution in [2.75, 3.05) is 5.32 Å². The quantitative estimate of drug-likeness (QED) is 0.455. The number of rotatable bonds is 4. The molecule has 0 saturated carbocycles. The molecule has 0 heterocycles. The standard InChI is InChI=1S/C29H36NO/c1-19-9-13-23(14-10-19)30-24-15-11-21(12-16-24)20(2)22-17-25(28(3,4)5)27(31)26(18-22)29(6,7)8/h9-18,20,30H,1-8H3. The molecule has 0 aliphatic rings. The van der Waals surface area contributed by atoms with Crippen molar-refractivity contribution < 1.29 is 5.11 Å². The van der Waals surface area contributed by atoms with Crippen LogP contribution in [0.15, 0.2) is 60.7 Å². The summed E-state index contributed by atoms with van der Waals surface area (Å²) in [5.74, 6) is 0.393. The summed E-state index contributed by atoms with van der Waals surface area (Å²) in [6.45, 7) is 17.0. The van der Waals surface area contributed by atoms with Gasteiger partial charge in [-0.05, 0) is 53.1 Å². The van der Waals surface area contributed by atoms with Gasteiger partial charge in [-0.15, -0.1) is 0 Å². The molecule has 1 radical (unpaired) electrons. The number of hydrogen-bond donors (Lipinski definition) is 1. The van der Waals surface area contributed by atoms with E-state index in [0.29, 0.717) is 0 Å². The van der Waals surface area contributed by atoms with Crippen LogP contribution in [0.1, 0.15) is 82.2 Å². The molecule has 0 fully saturated rings. The molecule has 0 saturated heterocycles. The molecule has 1 unspecified atom stereocenters. The van der Waals surface area contributed by atoms with Gasteiger partial charge in [0.05, 0.1) is 0 Å². The highest BCUT2D eigenvalue weighted by atomic mass is 16.3. The first-order valence-corrected chi connectivity index (χ1v) is 11.2. The SMILES string of the molecule is Cc1ccc(Nc2ccc(C(C)c3cc(C(C)(C)C)c([O])c(C(C)(C)C)c3)cc2)cc1. The highest BCUT2D eigenvalue weighted by molar-refractivity contribution is 5.60. The van der Waals surface area contributed by atoms with Crippen LogP contribution in [-0.4, -0.2) is 0 Å². The van der Waals surface area contributed by atoms with Gasteiger partial charge in [0.2, 0.25) is 0 Å². The molecule has 2 heteroatoms. The second kappa shape index (κ2) is 8.42. The summed E-state index contributed by atoms with van der Waals surface area (Å²) in [7, 11) is 0. The molecule has 0 aliphatic carbocycles. The van der Waals surface area contributed by atoms with Gasteiger partial charge in [-0.1, -0.05) is 90.4 Å². The van der Waals surface area contributed by atoms with E-state index in [1.807, 2.05) is 0 Å². The molecule has 3 rings (SSSR count). The van der Waals surface area contributed by atoms with E-state index in [4.69, 9.17) is 0 Å². The van der Waals surface area contributed by atoms with Crippen molar-refractivity contribution in [1.82, 2.24) is 0 Å². The molecule has 0 aliphatic heterocycles. The molecule has 1 atom stereocenters. The molecule has 163 valence electrons. The second-order valence-electron chi connectivity index (χ2n) is 10.8. The average molecular weight is 415 g/mol. The van der Waals surface area contributed by atoms with Crippen LogP contribution in [-0.2, 0) is 15.9 Å². The molecule has 3 aromatic rings. The minimum atomic E-state index is -0.186. The zero-order chi connectivity index (χ0) is 23.0. The van der Waals surface area contributed by atoms with Gasteiger partial charge < -0.3 is 5.32 Å². The Labute approximate surface area is 188 Å². The predicted molar refractivity (Wildman–Crippen MR) is 132 cm³/mol. The maximum Gasteiger partial charge on any atom is 0.186 e. The Morgan fingerprint density at radius 2 is 1.10 bits per heavy atom. The molecular weight excluding hydrogens is 378 g/mol. The first kappa shape index (κ1) is 22.9. The van der Waals surface area contributed by atoms with E-state index >= 15 is 0 Å². The number of benzene rings is 3. The minimum Gasteiger partial charge on any atom is -0.356 e. The van der Waals surface area contributed by atoms with E-state index in [1.54, 1.807) is 0 Å². The third kappa shape index (κ3) is 5.31. The summed E-state index contributed by atoms with van der Waals surface area (Å²) in [6, 6.07) is 21.3. The van der Waals surface area contributed by atoms with Crippen molar-refractivity contribution >= 4 is 11.4 Å². The largest absolute Gasteiger partial charge is 0.356 e. The fourth-order valence-corrected chi connectivity index (χ4v) is 3.87. The van der Waals surface area contributed by atoms with Crippen molar-refractivity contribution in [2.45, 2.75) is 72.1 Å². The van der Waals surface area contributed by atoms with Crippen molar-refractivity contribution in [3.63, 3.8) is 0 Å². The minimum absolute atomic E-state index is 0.186. The molecule has 2 nitrogen and oxygen atoms in total. The summed E-state index contributed by atoms with van der Waals surface area (Å²) >= 11 is 0. The summed E-state index contributed by atoms with van der Waals surface area (Å²) in [6.07, 6.45) is 0. The van der Waals surface area contributed by atoms with Crippen molar-refractivity contribution in [2.24, 2.45) is 0 Å². The lowest BCUT2D eigenvalue weighted by Gasteiger charge is -2.28. The monoisotopic (exact) mass is 414 g/mol. The zero-order valence-electron chi connectivity index (χ0n) is 20.3. The predicted octanol–water partition coefficient (Wildman–Crippen LogP) is 8.63. The van der Waals surface area contributed by atoms with Gasteiger partial charge in [0.15, 0.2) is 5.75 Å². The Balaban J connectivity index is 1.93. The second-order valence-corrected chi connectivity index (χ2v) is 10.8. The maximum atomic E-state index is 13.2. The van der Waals surface area contributed by atoms with Gasteiger partial charge in [-0.2, -0.15) is 0 Å². The Morgan fingerprint density at radius 1 is 0.677 bits per heavy atom. The smallest absolute Gasteiger partial charge is 0.186 e. The van der Waals surface area contributed by atoms with Crippen LogP contribution in [0.2, 0.25) is 0 Å². The Hall–Kier alpha value is -2.74. The lowest BCUT2D eigenvalue weighted by atomic mass is 9.76. The van der Waals surface area contributed by atoms with Crippen LogP contribution in [0.4, 0.5) is 11.4 Å². The summed E-state index contributed by atoms with van der Waals surface area (Å²) in [5.41, 5.74) is 7.29. The van der Waals surface area contributed by atoms with E-state index in [0.717, 1.165) is 22.5 Å². The third-order valence-corrected chi connectivity index (χ3v) is 5.98. The summed E-state index contributed by atoms with van der Waals surface area (Å²) in [4.78, 5) is 0. The van der Waals surface area contributed by atoms with Gasteiger partial charge in [0, 0.05) is 28.4 Å². The molecule has 31 heavy (non-hydrogen) atoms. The first-order valence-electron chi connectivity index (χ1n) is 11.2. The van der Waals surface area contributed by atoms with E-state index in [2.05, 4.69) is 121 Å². The number of hydrogen-bond acceptors (Lipinski definition) is 1. The Morgan fingerprint density at radius 3 is 1.52 bits per heavy atom. The zero-order valence-corrected chi connectivity index (χ0v) is 20.3. The normalized spacial score (nSPS) is 13.2. The molecule has 0 bridgehead atoms. The summed E-state index contributed by atoms with van der Waals surface area (Å²) in [5, 5.41) is 16.7. The fraction of sp³-hybridized carbons (Fsp3) is 0.379. The first-order chi connectivity index (χ1) is 14.4. The average Bonchev–Trinajstić information content (AvgIpc) is 2.68. The highest BCUT2D eigenvalue weighted by Crippen LogP contribution is 2.42. The fourth-order valence-electron chi connectivity index (χ4n) is 3.87. The van der Waals surface area contributed by atoms with Crippen LogP contribution in [0, 0.1) is 6.92 Å². The molecule has 0 amide bonds. The van der Waals surface area contributed by atoms with Crippen LogP contribution < -0.4 is 5.32 Å². The van der Waals surface area contributed by atoms with Crippen molar-refractivity contribution in [3.05, 3.63) is 88.5 Å². The van der Waals surface area contributed by atoms with Crippen molar-refractivity contribution in [3.8, 4) is 5.75 Å². The summed E-state index contributed by atoms with van der Waals surface area (Å²) < 4.78 is 0. The van der Waals surface area contributed by atoms with Gasteiger partial charge >= 0.3 is 0 Å². The Bertz CT molecular complexity index is 997. The van der Waals surface area contributed by atoms with Crippen molar-refractivity contribution in [1.29, 1.82) is 0 Å². The topological polar surface area (TPSA) is 31.9 Å². The van der Waals surface area contributed by atoms with E-state index in [1.165, 1.54) is 16.7 Å². The molecular formula is C29H36NO.